The van der Waals surface area contributed by atoms with Crippen LogP contribution in [0.3, 0.4) is 0 Å². The smallest absolute Gasteiger partial charge is 0.410 e. The van der Waals surface area contributed by atoms with Gasteiger partial charge in [-0.1, -0.05) is 6.07 Å². The lowest BCUT2D eigenvalue weighted by Gasteiger charge is -2.24. The van der Waals surface area contributed by atoms with Crippen LogP contribution in [0.5, 0.6) is 0 Å². The lowest BCUT2D eigenvalue weighted by molar-refractivity contribution is 0.0288. The minimum Gasteiger partial charge on any atom is -0.444 e. The van der Waals surface area contributed by atoms with Gasteiger partial charge in [0.1, 0.15) is 5.60 Å². The number of rotatable bonds is 3. The van der Waals surface area contributed by atoms with Crippen LogP contribution in [0.25, 0.3) is 0 Å². The Morgan fingerprint density at radius 3 is 2.87 bits per heavy atom. The van der Waals surface area contributed by atoms with Gasteiger partial charge < -0.3 is 15.0 Å². The lowest BCUT2D eigenvalue weighted by Crippen LogP contribution is -2.38. The number of aryl methyl sites for hydroxylation is 1. The van der Waals surface area contributed by atoms with E-state index in [1.54, 1.807) is 11.1 Å². The minimum absolute atomic E-state index is 0.0751. The number of hydrogen-bond donors (Lipinski definition) is 1. The Morgan fingerprint density at radius 1 is 1.52 bits per heavy atom. The van der Waals surface area contributed by atoms with Gasteiger partial charge in [0.05, 0.1) is 17.7 Å². The number of hydrogen-bond acceptors (Lipinski definition) is 5. The van der Waals surface area contributed by atoms with Crippen molar-refractivity contribution in [3.8, 4) is 6.07 Å². The highest BCUT2D eigenvalue weighted by Gasteiger charge is 2.37. The number of nitriles is 1. The standard InChI is InChI=1S/C17H24N4O2/c1-12-6-5-7-19-14(12)9-20-15-11-21(10-13(15)8-18)16(22)23-17(2,3)4/h5-7,13,15,20H,9-11H2,1-4H3/t13-,15+/m1/s1. The topological polar surface area (TPSA) is 78.2 Å². The minimum atomic E-state index is -0.532. The third-order valence-corrected chi connectivity index (χ3v) is 3.79. The van der Waals surface area contributed by atoms with Gasteiger partial charge in [0.2, 0.25) is 0 Å². The molecule has 23 heavy (non-hydrogen) atoms. The van der Waals surface area contributed by atoms with Crippen LogP contribution >= 0.6 is 0 Å². The molecule has 0 bridgehead atoms. The highest BCUT2D eigenvalue weighted by molar-refractivity contribution is 5.68. The molecule has 0 saturated carbocycles. The number of aromatic nitrogens is 1. The first-order chi connectivity index (χ1) is 10.8. The van der Waals surface area contributed by atoms with E-state index in [4.69, 9.17) is 4.74 Å². The number of nitrogens with zero attached hydrogens (tertiary/aromatic N) is 3. The van der Waals surface area contributed by atoms with Crippen molar-refractivity contribution in [2.75, 3.05) is 13.1 Å². The van der Waals surface area contributed by atoms with Crippen molar-refractivity contribution in [3.05, 3.63) is 29.6 Å². The van der Waals surface area contributed by atoms with E-state index >= 15 is 0 Å². The maximum absolute atomic E-state index is 12.2. The Labute approximate surface area is 137 Å². The van der Waals surface area contributed by atoms with Crippen LogP contribution in [-0.4, -0.2) is 40.7 Å². The largest absolute Gasteiger partial charge is 0.444 e. The fourth-order valence-corrected chi connectivity index (χ4v) is 2.55. The molecule has 1 aliphatic heterocycles. The zero-order valence-corrected chi connectivity index (χ0v) is 14.2. The lowest BCUT2D eigenvalue weighted by atomic mass is 10.1. The molecule has 6 nitrogen and oxygen atoms in total. The number of likely N-dealkylation sites (tertiary alicyclic amines) is 1. The predicted octanol–water partition coefficient (Wildman–Crippen LogP) is 2.24. The second-order valence-corrected chi connectivity index (χ2v) is 6.88. The van der Waals surface area contributed by atoms with Crippen LogP contribution in [0, 0.1) is 24.2 Å². The average molecular weight is 316 g/mol. The molecule has 0 radical (unpaired) electrons. The van der Waals surface area contributed by atoms with Crippen molar-refractivity contribution in [3.63, 3.8) is 0 Å². The number of ether oxygens (including phenoxy) is 1. The molecule has 0 spiro atoms. The molecule has 0 aromatic carbocycles. The van der Waals surface area contributed by atoms with Crippen LogP contribution in [0.2, 0.25) is 0 Å². The van der Waals surface area contributed by atoms with Gasteiger partial charge >= 0.3 is 6.09 Å². The first-order valence-corrected chi connectivity index (χ1v) is 7.81. The summed E-state index contributed by atoms with van der Waals surface area (Å²) in [5.41, 5.74) is 1.53. The van der Waals surface area contributed by atoms with Crippen LogP contribution < -0.4 is 5.32 Å². The van der Waals surface area contributed by atoms with Crippen molar-refractivity contribution in [1.82, 2.24) is 15.2 Å². The molecular formula is C17H24N4O2. The molecule has 1 saturated heterocycles. The van der Waals surface area contributed by atoms with Gasteiger partial charge in [0.15, 0.2) is 0 Å². The van der Waals surface area contributed by atoms with Gasteiger partial charge in [-0.3, -0.25) is 4.98 Å². The molecule has 1 fully saturated rings. The first-order valence-electron chi connectivity index (χ1n) is 7.81. The summed E-state index contributed by atoms with van der Waals surface area (Å²) in [7, 11) is 0. The summed E-state index contributed by atoms with van der Waals surface area (Å²) in [6, 6.07) is 6.11. The SMILES string of the molecule is Cc1cccnc1CN[C@H]1CN(C(=O)OC(C)(C)C)C[C@H]1C#N. The van der Waals surface area contributed by atoms with E-state index in [9.17, 15) is 10.1 Å². The molecule has 2 heterocycles. The van der Waals surface area contributed by atoms with Crippen molar-refractivity contribution in [2.45, 2.75) is 45.9 Å². The van der Waals surface area contributed by atoms with E-state index in [0.717, 1.165) is 11.3 Å². The Balaban J connectivity index is 1.96. The number of pyridine rings is 1. The van der Waals surface area contributed by atoms with Gasteiger partial charge in [-0.15, -0.1) is 0 Å². The summed E-state index contributed by atoms with van der Waals surface area (Å²) in [5.74, 6) is -0.244. The summed E-state index contributed by atoms with van der Waals surface area (Å²) >= 11 is 0. The van der Waals surface area contributed by atoms with Crippen molar-refractivity contribution in [1.29, 1.82) is 5.26 Å². The summed E-state index contributed by atoms with van der Waals surface area (Å²) in [5, 5.41) is 12.7. The van der Waals surface area contributed by atoms with E-state index < -0.39 is 5.60 Å². The third-order valence-electron chi connectivity index (χ3n) is 3.79. The normalized spacial score (nSPS) is 21.1. The van der Waals surface area contributed by atoms with Gasteiger partial charge in [-0.25, -0.2) is 4.79 Å². The second kappa shape index (κ2) is 6.97. The molecular weight excluding hydrogens is 292 g/mol. The van der Waals surface area contributed by atoms with E-state index in [0.29, 0.717) is 19.6 Å². The number of amides is 1. The fourth-order valence-electron chi connectivity index (χ4n) is 2.55. The molecule has 1 amide bonds. The van der Waals surface area contributed by atoms with Crippen LogP contribution in [0.15, 0.2) is 18.3 Å². The van der Waals surface area contributed by atoms with Crippen LogP contribution in [0.4, 0.5) is 4.79 Å². The molecule has 2 rings (SSSR count). The maximum Gasteiger partial charge on any atom is 0.410 e. The molecule has 1 aliphatic rings. The fraction of sp³-hybridized carbons (Fsp3) is 0.588. The van der Waals surface area contributed by atoms with E-state index in [-0.39, 0.29) is 18.1 Å². The van der Waals surface area contributed by atoms with Gasteiger partial charge in [0.25, 0.3) is 0 Å². The highest BCUT2D eigenvalue weighted by Crippen LogP contribution is 2.20. The number of carbonyl (C=O) groups is 1. The molecule has 0 aliphatic carbocycles. The molecule has 0 unspecified atom stereocenters. The Hall–Kier alpha value is -2.13. The quantitative estimate of drug-likeness (QED) is 0.925. The van der Waals surface area contributed by atoms with E-state index in [1.165, 1.54) is 0 Å². The zero-order chi connectivity index (χ0) is 17.0. The molecule has 2 atom stereocenters. The summed E-state index contributed by atoms with van der Waals surface area (Å²) < 4.78 is 5.38. The van der Waals surface area contributed by atoms with Crippen LogP contribution in [-0.2, 0) is 11.3 Å². The summed E-state index contributed by atoms with van der Waals surface area (Å²) in [6.45, 7) is 8.96. The third kappa shape index (κ3) is 4.67. The van der Waals surface area contributed by atoms with Gasteiger partial charge in [-0.05, 0) is 39.3 Å². The Kier molecular flexibility index (Phi) is 5.22. The highest BCUT2D eigenvalue weighted by atomic mass is 16.6. The van der Waals surface area contributed by atoms with Crippen molar-refractivity contribution < 1.29 is 9.53 Å². The second-order valence-electron chi connectivity index (χ2n) is 6.88. The first kappa shape index (κ1) is 17.2. The average Bonchev–Trinajstić information content (AvgIpc) is 2.88. The molecule has 124 valence electrons. The van der Waals surface area contributed by atoms with Crippen molar-refractivity contribution >= 4 is 6.09 Å². The molecule has 6 heteroatoms. The maximum atomic E-state index is 12.2. The Bertz CT molecular complexity index is 603. The molecule has 1 aromatic rings. The number of carbonyl (C=O) groups excluding carboxylic acids is 1. The molecule has 1 N–H and O–H groups in total. The number of nitrogens with one attached hydrogen (secondary N) is 1. The summed E-state index contributed by atoms with van der Waals surface area (Å²) in [4.78, 5) is 18.1. The van der Waals surface area contributed by atoms with E-state index in [2.05, 4.69) is 16.4 Å². The monoisotopic (exact) mass is 316 g/mol. The molecule has 1 aromatic heterocycles. The predicted molar refractivity (Wildman–Crippen MR) is 86.5 cm³/mol. The zero-order valence-electron chi connectivity index (χ0n) is 14.2. The Morgan fingerprint density at radius 2 is 2.26 bits per heavy atom. The van der Waals surface area contributed by atoms with Gasteiger partial charge in [0, 0.05) is 31.9 Å². The van der Waals surface area contributed by atoms with Gasteiger partial charge in [-0.2, -0.15) is 5.26 Å². The van der Waals surface area contributed by atoms with Crippen molar-refractivity contribution in [2.24, 2.45) is 5.92 Å². The van der Waals surface area contributed by atoms with E-state index in [1.807, 2.05) is 39.8 Å². The summed E-state index contributed by atoms with van der Waals surface area (Å²) in [6.07, 6.45) is 1.39. The van der Waals surface area contributed by atoms with Crippen LogP contribution in [0.1, 0.15) is 32.0 Å².